The molecule has 1 spiro atoms. The van der Waals surface area contributed by atoms with Gasteiger partial charge >= 0.3 is 0 Å². The number of amides is 1. The Morgan fingerprint density at radius 2 is 2.00 bits per heavy atom. The predicted octanol–water partition coefficient (Wildman–Crippen LogP) is 4.25. The van der Waals surface area contributed by atoms with Gasteiger partial charge in [0.25, 0.3) is 0 Å². The van der Waals surface area contributed by atoms with E-state index in [2.05, 4.69) is 10.3 Å². The summed E-state index contributed by atoms with van der Waals surface area (Å²) in [6, 6.07) is 14.8. The van der Waals surface area contributed by atoms with Gasteiger partial charge in [-0.05, 0) is 55.1 Å². The average Bonchev–Trinajstić information content (AvgIpc) is 3.24. The first-order valence-corrected chi connectivity index (χ1v) is 10.3. The molecule has 2 aliphatic heterocycles. The molecule has 1 fully saturated rings. The van der Waals surface area contributed by atoms with Gasteiger partial charge in [0.1, 0.15) is 11.4 Å². The van der Waals surface area contributed by atoms with E-state index in [4.69, 9.17) is 11.6 Å². The third-order valence-corrected chi connectivity index (χ3v) is 6.67. The molecule has 5 rings (SSSR count). The smallest absolute Gasteiger partial charge is 0.250 e. The van der Waals surface area contributed by atoms with E-state index >= 15 is 0 Å². The molecule has 0 bridgehead atoms. The van der Waals surface area contributed by atoms with E-state index < -0.39 is 11.5 Å². The second-order valence-electron chi connectivity index (χ2n) is 8.03. The van der Waals surface area contributed by atoms with Crippen molar-refractivity contribution in [1.82, 2.24) is 9.88 Å². The van der Waals surface area contributed by atoms with Gasteiger partial charge in [0.2, 0.25) is 5.91 Å². The number of pyridine rings is 1. The molecule has 0 radical (unpaired) electrons. The van der Waals surface area contributed by atoms with Gasteiger partial charge in [-0.3, -0.25) is 19.5 Å². The van der Waals surface area contributed by atoms with Crippen molar-refractivity contribution in [2.45, 2.75) is 11.5 Å². The van der Waals surface area contributed by atoms with E-state index in [1.54, 1.807) is 48.7 Å². The van der Waals surface area contributed by atoms with Gasteiger partial charge in [-0.15, -0.1) is 0 Å². The van der Waals surface area contributed by atoms with Crippen LogP contribution < -0.4 is 5.32 Å². The van der Waals surface area contributed by atoms with Gasteiger partial charge in [-0.2, -0.15) is 0 Å². The highest BCUT2D eigenvalue weighted by molar-refractivity contribution is 6.31. The quantitative estimate of drug-likeness (QED) is 0.625. The van der Waals surface area contributed by atoms with Crippen LogP contribution in [-0.2, 0) is 10.3 Å². The molecule has 0 aliphatic carbocycles. The number of hydrogen-bond acceptors (Lipinski definition) is 4. The lowest BCUT2D eigenvalue weighted by Crippen LogP contribution is -2.51. The number of aromatic nitrogens is 1. The summed E-state index contributed by atoms with van der Waals surface area (Å²) in [6.07, 6.45) is 3.12. The Bertz CT molecular complexity index is 1190. The minimum absolute atomic E-state index is 0.185. The Labute approximate surface area is 183 Å². The number of nitrogens with zero attached hydrogens (tertiary/aromatic N) is 2. The van der Waals surface area contributed by atoms with Gasteiger partial charge < -0.3 is 5.32 Å². The molecule has 1 N–H and O–H groups in total. The summed E-state index contributed by atoms with van der Waals surface area (Å²) in [5, 5.41) is 3.43. The third kappa shape index (κ3) is 2.90. The number of likely N-dealkylation sites (tertiary alicyclic amines) is 1. The van der Waals surface area contributed by atoms with Crippen LogP contribution in [0.15, 0.2) is 67.0 Å². The first-order valence-electron chi connectivity index (χ1n) is 9.95. The van der Waals surface area contributed by atoms with Crippen LogP contribution in [-0.4, -0.2) is 35.2 Å². The molecule has 156 valence electrons. The standard InChI is InChI=1S/C24H19ClFN3O2/c1-29-13-18(14-4-7-17(26)8-5-14)21(22(30)15-3-2-10-27-12-15)24(29)19-11-16(25)6-9-20(19)28-23(24)31/h2-12,18,21H,13H2,1H3,(H,28,31)/t18-,21+,24+/m1/s1. The van der Waals surface area contributed by atoms with Gasteiger partial charge in [0.05, 0.1) is 5.92 Å². The number of hydrogen-bond donors (Lipinski definition) is 1. The molecule has 31 heavy (non-hydrogen) atoms. The Balaban J connectivity index is 1.74. The minimum atomic E-state index is -1.23. The zero-order valence-electron chi connectivity index (χ0n) is 16.7. The highest BCUT2D eigenvalue weighted by Crippen LogP contribution is 2.55. The van der Waals surface area contributed by atoms with Crippen molar-refractivity contribution in [2.75, 3.05) is 18.9 Å². The molecule has 3 heterocycles. The van der Waals surface area contributed by atoms with Crippen LogP contribution in [0, 0.1) is 11.7 Å². The van der Waals surface area contributed by atoms with Crippen LogP contribution in [0.1, 0.15) is 27.4 Å². The van der Waals surface area contributed by atoms with Crippen molar-refractivity contribution in [3.63, 3.8) is 0 Å². The SMILES string of the molecule is CN1C[C@H](c2ccc(F)cc2)[C@@H](C(=O)c2cccnc2)[C@@]12C(=O)Nc1ccc(Cl)cc12. The van der Waals surface area contributed by atoms with E-state index in [1.807, 2.05) is 11.9 Å². The van der Waals surface area contributed by atoms with Gasteiger partial charge in [-0.25, -0.2) is 4.39 Å². The molecule has 0 unspecified atom stereocenters. The second kappa shape index (κ2) is 7.25. The highest BCUT2D eigenvalue weighted by atomic mass is 35.5. The Kier molecular flexibility index (Phi) is 4.64. The number of carbonyl (C=O) groups is 2. The summed E-state index contributed by atoms with van der Waals surface area (Å²) in [6.45, 7) is 0.446. The first-order chi connectivity index (χ1) is 14.9. The number of carbonyl (C=O) groups excluding carboxylic acids is 2. The van der Waals surface area contributed by atoms with E-state index in [0.717, 1.165) is 5.56 Å². The molecule has 1 saturated heterocycles. The van der Waals surface area contributed by atoms with Crippen LogP contribution in [0.4, 0.5) is 10.1 Å². The number of ketones is 1. The predicted molar refractivity (Wildman–Crippen MR) is 116 cm³/mol. The molecule has 7 heteroatoms. The number of likely N-dealkylation sites (N-methyl/N-ethyl adjacent to an activating group) is 1. The number of Topliss-reactive ketones (excluding diaryl/α,β-unsaturated/α-hetero) is 1. The zero-order chi connectivity index (χ0) is 21.8. The number of anilines is 1. The molecule has 5 nitrogen and oxygen atoms in total. The van der Waals surface area contributed by atoms with Crippen molar-refractivity contribution in [1.29, 1.82) is 0 Å². The monoisotopic (exact) mass is 435 g/mol. The van der Waals surface area contributed by atoms with Crippen molar-refractivity contribution in [3.05, 3.63) is 94.5 Å². The van der Waals surface area contributed by atoms with E-state index in [9.17, 15) is 14.0 Å². The summed E-state index contributed by atoms with van der Waals surface area (Å²) in [7, 11) is 1.84. The lowest BCUT2D eigenvalue weighted by atomic mass is 9.70. The van der Waals surface area contributed by atoms with Crippen LogP contribution in [0.2, 0.25) is 5.02 Å². The molecule has 2 aliphatic rings. The number of nitrogens with one attached hydrogen (secondary N) is 1. The van der Waals surface area contributed by atoms with Gasteiger partial charge in [0.15, 0.2) is 5.78 Å². The molecule has 3 aromatic rings. The van der Waals surface area contributed by atoms with Crippen molar-refractivity contribution < 1.29 is 14.0 Å². The second-order valence-corrected chi connectivity index (χ2v) is 8.47. The van der Waals surface area contributed by atoms with Crippen LogP contribution >= 0.6 is 11.6 Å². The van der Waals surface area contributed by atoms with Crippen molar-refractivity contribution in [3.8, 4) is 0 Å². The summed E-state index contributed by atoms with van der Waals surface area (Å²) in [5.74, 6) is -1.87. The fraction of sp³-hybridized carbons (Fsp3) is 0.208. The fourth-order valence-electron chi connectivity index (χ4n) is 5.11. The average molecular weight is 436 g/mol. The number of fused-ring (bicyclic) bond motifs is 2. The molecule has 2 aromatic carbocycles. The van der Waals surface area contributed by atoms with E-state index in [-0.39, 0.29) is 23.4 Å². The Morgan fingerprint density at radius 3 is 2.71 bits per heavy atom. The molecule has 3 atom stereocenters. The van der Waals surface area contributed by atoms with E-state index in [1.165, 1.54) is 18.3 Å². The van der Waals surface area contributed by atoms with E-state index in [0.29, 0.717) is 28.4 Å². The summed E-state index contributed by atoms with van der Waals surface area (Å²) < 4.78 is 13.6. The first kappa shape index (κ1) is 19.8. The zero-order valence-corrected chi connectivity index (χ0v) is 17.4. The Morgan fingerprint density at radius 1 is 1.23 bits per heavy atom. The Hall–Kier alpha value is -3.09. The van der Waals surface area contributed by atoms with Gasteiger partial charge in [-0.1, -0.05) is 23.7 Å². The maximum absolute atomic E-state index is 13.9. The highest BCUT2D eigenvalue weighted by Gasteiger charge is 2.64. The lowest BCUT2D eigenvalue weighted by molar-refractivity contribution is -0.126. The maximum Gasteiger partial charge on any atom is 0.250 e. The molecule has 1 aromatic heterocycles. The third-order valence-electron chi connectivity index (χ3n) is 6.44. The van der Waals surface area contributed by atoms with Gasteiger partial charge in [0, 0.05) is 46.7 Å². The number of halogens is 2. The maximum atomic E-state index is 13.9. The van der Waals surface area contributed by atoms with Crippen LogP contribution in [0.3, 0.4) is 0 Å². The molecule has 0 saturated carbocycles. The topological polar surface area (TPSA) is 62.3 Å². The molecule has 1 amide bonds. The molecular weight excluding hydrogens is 417 g/mol. The largest absolute Gasteiger partial charge is 0.324 e. The van der Waals surface area contributed by atoms with Crippen molar-refractivity contribution in [2.24, 2.45) is 5.92 Å². The summed E-state index contributed by atoms with van der Waals surface area (Å²) >= 11 is 6.30. The fourth-order valence-corrected chi connectivity index (χ4v) is 5.28. The lowest BCUT2D eigenvalue weighted by Gasteiger charge is -2.35. The van der Waals surface area contributed by atoms with Crippen molar-refractivity contribution >= 4 is 29.0 Å². The minimum Gasteiger partial charge on any atom is -0.324 e. The van der Waals surface area contributed by atoms with Crippen LogP contribution in [0.25, 0.3) is 0 Å². The van der Waals surface area contributed by atoms with Crippen LogP contribution in [0.5, 0.6) is 0 Å². The summed E-state index contributed by atoms with van der Waals surface area (Å²) in [5.41, 5.74) is 1.32. The summed E-state index contributed by atoms with van der Waals surface area (Å²) in [4.78, 5) is 33.4. The number of rotatable bonds is 3. The molecular formula is C24H19ClFN3O2. The number of benzene rings is 2. The normalized spacial score (nSPS) is 24.9.